The number of oxazole rings is 1. The van der Waals surface area contributed by atoms with E-state index in [1.807, 2.05) is 18.2 Å². The largest absolute Gasteiger partial charge is 0.497 e. The molecule has 1 saturated carbocycles. The van der Waals surface area contributed by atoms with E-state index in [0.717, 1.165) is 18.0 Å². The maximum Gasteiger partial charge on any atom is 0.399 e. The molecule has 0 atom stereocenters. The Labute approximate surface area is 111 Å². The van der Waals surface area contributed by atoms with Gasteiger partial charge in [-0.2, -0.15) is 4.98 Å². The molecular formula is C14H16N2O3. The molecule has 3 rings (SSSR count). The summed E-state index contributed by atoms with van der Waals surface area (Å²) in [6.45, 7) is 0.718. The van der Waals surface area contributed by atoms with E-state index >= 15 is 0 Å². The van der Waals surface area contributed by atoms with Crippen LogP contribution < -0.4 is 14.8 Å². The number of aromatic nitrogens is 1. The number of rotatable bonds is 6. The lowest BCUT2D eigenvalue weighted by molar-refractivity contribution is 0.328. The molecule has 1 N–H and O–H groups in total. The maximum absolute atomic E-state index is 5.54. The fourth-order valence-electron chi connectivity index (χ4n) is 1.72. The fraction of sp³-hybridized carbons (Fsp3) is 0.357. The number of nitrogens with zero attached hydrogens (tertiary/aromatic N) is 1. The van der Waals surface area contributed by atoms with Crippen LogP contribution in [0.1, 0.15) is 18.5 Å². The zero-order valence-corrected chi connectivity index (χ0v) is 10.8. The van der Waals surface area contributed by atoms with Gasteiger partial charge in [-0.25, -0.2) is 0 Å². The van der Waals surface area contributed by atoms with Crippen LogP contribution in [0, 0.1) is 0 Å². The molecule has 0 saturated heterocycles. The molecule has 1 fully saturated rings. The van der Waals surface area contributed by atoms with E-state index in [9.17, 15) is 0 Å². The molecule has 0 radical (unpaired) electrons. The number of hydrogen-bond acceptors (Lipinski definition) is 5. The summed E-state index contributed by atoms with van der Waals surface area (Å²) in [6.07, 6.45) is 4.38. The summed E-state index contributed by atoms with van der Waals surface area (Å²) in [5, 5.41) is 3.37. The van der Waals surface area contributed by atoms with Gasteiger partial charge in [0.25, 0.3) is 0 Å². The smallest absolute Gasteiger partial charge is 0.399 e. The highest BCUT2D eigenvalue weighted by Gasteiger charge is 2.20. The summed E-state index contributed by atoms with van der Waals surface area (Å²) in [5.74, 6) is 1.38. The monoisotopic (exact) mass is 260 g/mol. The Bertz CT molecular complexity index is 549. The summed E-state index contributed by atoms with van der Waals surface area (Å²) in [4.78, 5) is 4.27. The van der Waals surface area contributed by atoms with Crippen LogP contribution in [0.5, 0.6) is 17.6 Å². The number of hydrogen-bond donors (Lipinski definition) is 1. The Balaban J connectivity index is 1.61. The molecule has 0 amide bonds. The van der Waals surface area contributed by atoms with Crippen LogP contribution in [0.3, 0.4) is 0 Å². The Morgan fingerprint density at radius 1 is 1.37 bits per heavy atom. The molecule has 0 bridgehead atoms. The Morgan fingerprint density at radius 2 is 2.21 bits per heavy atom. The lowest BCUT2D eigenvalue weighted by atomic mass is 10.3. The first-order valence-corrected chi connectivity index (χ1v) is 6.33. The van der Waals surface area contributed by atoms with Crippen molar-refractivity contribution in [3.63, 3.8) is 0 Å². The normalized spacial score (nSPS) is 14.4. The standard InChI is InChI=1S/C14H16N2O3/c1-17-12-3-2-4-13(7-12)19-14-16-11(9-18-14)8-15-10-5-6-10/h2-4,7,9-10,15H,5-6,8H2,1H3. The van der Waals surface area contributed by atoms with Gasteiger partial charge in [0, 0.05) is 18.7 Å². The van der Waals surface area contributed by atoms with Crippen molar-refractivity contribution in [1.29, 1.82) is 0 Å². The molecule has 1 aromatic heterocycles. The quantitative estimate of drug-likeness (QED) is 0.865. The number of nitrogens with one attached hydrogen (secondary N) is 1. The fourth-order valence-corrected chi connectivity index (χ4v) is 1.72. The summed E-state index contributed by atoms with van der Waals surface area (Å²) >= 11 is 0. The van der Waals surface area contributed by atoms with Crippen molar-refractivity contribution in [2.45, 2.75) is 25.4 Å². The molecule has 1 heterocycles. The zero-order valence-electron chi connectivity index (χ0n) is 10.8. The van der Waals surface area contributed by atoms with Gasteiger partial charge in [-0.3, -0.25) is 0 Å². The van der Waals surface area contributed by atoms with Gasteiger partial charge >= 0.3 is 6.08 Å². The summed E-state index contributed by atoms with van der Waals surface area (Å²) in [6, 6.07) is 7.97. The van der Waals surface area contributed by atoms with Gasteiger partial charge < -0.3 is 19.2 Å². The van der Waals surface area contributed by atoms with Crippen LogP contribution in [0.2, 0.25) is 0 Å². The lowest BCUT2D eigenvalue weighted by Crippen LogP contribution is -2.15. The second-order valence-corrected chi connectivity index (χ2v) is 4.54. The van der Waals surface area contributed by atoms with Crippen molar-refractivity contribution >= 4 is 0 Å². The SMILES string of the molecule is COc1cccc(Oc2nc(CNC3CC3)co2)c1. The van der Waals surface area contributed by atoms with E-state index < -0.39 is 0 Å². The van der Waals surface area contributed by atoms with Crippen LogP contribution in [0.15, 0.2) is 34.9 Å². The van der Waals surface area contributed by atoms with E-state index in [1.165, 1.54) is 12.8 Å². The van der Waals surface area contributed by atoms with E-state index in [-0.39, 0.29) is 6.08 Å². The first-order chi connectivity index (χ1) is 9.33. The number of methoxy groups -OCH3 is 1. The minimum absolute atomic E-state index is 0.251. The lowest BCUT2D eigenvalue weighted by Gasteiger charge is -2.03. The molecule has 2 aromatic rings. The maximum atomic E-state index is 5.54. The highest BCUT2D eigenvalue weighted by Crippen LogP contribution is 2.25. The Morgan fingerprint density at radius 3 is 3.00 bits per heavy atom. The Hall–Kier alpha value is -2.01. The average molecular weight is 260 g/mol. The van der Waals surface area contributed by atoms with Crippen LogP contribution in [-0.2, 0) is 6.54 Å². The van der Waals surface area contributed by atoms with Gasteiger partial charge in [0.2, 0.25) is 0 Å². The molecule has 0 spiro atoms. The molecule has 5 heteroatoms. The van der Waals surface area contributed by atoms with Crippen molar-refractivity contribution in [1.82, 2.24) is 10.3 Å². The third-order valence-corrected chi connectivity index (χ3v) is 2.93. The molecule has 1 aromatic carbocycles. The van der Waals surface area contributed by atoms with Crippen molar-refractivity contribution in [3.8, 4) is 17.6 Å². The van der Waals surface area contributed by atoms with Crippen LogP contribution in [-0.4, -0.2) is 18.1 Å². The van der Waals surface area contributed by atoms with E-state index in [0.29, 0.717) is 11.8 Å². The predicted octanol–water partition coefficient (Wildman–Crippen LogP) is 2.73. The zero-order chi connectivity index (χ0) is 13.1. The molecule has 1 aliphatic rings. The predicted molar refractivity (Wildman–Crippen MR) is 69.4 cm³/mol. The molecule has 0 aliphatic heterocycles. The van der Waals surface area contributed by atoms with Gasteiger partial charge in [-0.1, -0.05) is 6.07 Å². The molecule has 5 nitrogen and oxygen atoms in total. The van der Waals surface area contributed by atoms with Crippen molar-refractivity contribution in [2.75, 3.05) is 7.11 Å². The van der Waals surface area contributed by atoms with E-state index in [1.54, 1.807) is 19.4 Å². The highest BCUT2D eigenvalue weighted by atomic mass is 16.6. The van der Waals surface area contributed by atoms with Gasteiger partial charge in [-0.05, 0) is 25.0 Å². The average Bonchev–Trinajstić information content (AvgIpc) is 3.17. The minimum Gasteiger partial charge on any atom is -0.497 e. The van der Waals surface area contributed by atoms with Crippen molar-refractivity contribution in [2.24, 2.45) is 0 Å². The summed E-state index contributed by atoms with van der Waals surface area (Å²) in [5.41, 5.74) is 0.852. The van der Waals surface area contributed by atoms with Crippen molar-refractivity contribution < 1.29 is 13.9 Å². The minimum atomic E-state index is 0.251. The summed E-state index contributed by atoms with van der Waals surface area (Å²) < 4.78 is 15.9. The molecule has 1 aliphatic carbocycles. The molecule has 100 valence electrons. The topological polar surface area (TPSA) is 56.5 Å². The summed E-state index contributed by atoms with van der Waals surface area (Å²) in [7, 11) is 1.62. The second kappa shape index (κ2) is 5.32. The Kier molecular flexibility index (Phi) is 3.37. The molecule has 19 heavy (non-hydrogen) atoms. The second-order valence-electron chi connectivity index (χ2n) is 4.54. The highest BCUT2D eigenvalue weighted by molar-refractivity contribution is 5.34. The van der Waals surface area contributed by atoms with Crippen LogP contribution in [0.25, 0.3) is 0 Å². The van der Waals surface area contributed by atoms with Crippen molar-refractivity contribution in [3.05, 3.63) is 36.2 Å². The third kappa shape index (κ3) is 3.26. The van der Waals surface area contributed by atoms with Gasteiger partial charge in [-0.15, -0.1) is 0 Å². The van der Waals surface area contributed by atoms with Gasteiger partial charge in [0.05, 0.1) is 12.8 Å². The van der Waals surface area contributed by atoms with Crippen LogP contribution >= 0.6 is 0 Å². The van der Waals surface area contributed by atoms with Gasteiger partial charge in [0.1, 0.15) is 17.8 Å². The number of benzene rings is 1. The van der Waals surface area contributed by atoms with Crippen LogP contribution in [0.4, 0.5) is 0 Å². The molecular weight excluding hydrogens is 244 g/mol. The first kappa shape index (κ1) is 12.0. The van der Waals surface area contributed by atoms with E-state index in [4.69, 9.17) is 13.9 Å². The van der Waals surface area contributed by atoms with E-state index in [2.05, 4.69) is 10.3 Å². The van der Waals surface area contributed by atoms with Gasteiger partial charge in [0.15, 0.2) is 0 Å². The number of ether oxygens (including phenoxy) is 2. The first-order valence-electron chi connectivity index (χ1n) is 6.33. The third-order valence-electron chi connectivity index (χ3n) is 2.93. The molecule has 0 unspecified atom stereocenters.